The number of aliphatic hydroxyl groups excluding tert-OH is 1. The molecule has 0 bridgehead atoms. The highest BCUT2D eigenvalue weighted by Crippen LogP contribution is 2.15. The Bertz CT molecular complexity index is 267. The fourth-order valence-electron chi connectivity index (χ4n) is 1.69. The molecule has 0 aliphatic rings. The monoisotopic (exact) mass is 264 g/mol. The lowest BCUT2D eigenvalue weighted by atomic mass is 10.2. The highest BCUT2D eigenvalue weighted by Gasteiger charge is 2.34. The van der Waals surface area contributed by atoms with Crippen LogP contribution < -0.4 is 17.7 Å². The summed E-state index contributed by atoms with van der Waals surface area (Å²) in [6.07, 6.45) is 0.852. The van der Waals surface area contributed by atoms with Gasteiger partial charge in [0.2, 0.25) is 0 Å². The van der Waals surface area contributed by atoms with Crippen LogP contribution in [0, 0.1) is 0 Å². The first-order chi connectivity index (χ1) is 7.27. The number of carbonyl (C=O) groups excluding carboxylic acids is 1. The Morgan fingerprint density at radius 2 is 1.82 bits per heavy atom. The van der Waals surface area contributed by atoms with Crippen LogP contribution in [-0.4, -0.2) is 42.0 Å². The number of carbonyl (C=O) groups is 1. The van der Waals surface area contributed by atoms with Crippen LogP contribution in [0.25, 0.3) is 0 Å². The third kappa shape index (κ3) is 5.06. The molecule has 0 aromatic carbocycles. The van der Waals surface area contributed by atoms with Crippen molar-refractivity contribution < 1.29 is 26.8 Å². The first-order valence-corrected chi connectivity index (χ1v) is 5.75. The molecule has 5 heteroatoms. The highest BCUT2D eigenvalue weighted by molar-refractivity contribution is 5.92. The van der Waals surface area contributed by atoms with Crippen LogP contribution >= 0.6 is 0 Å². The standard InChI is InChI=1S/C12H24N2O2.ClH/c1-7-10(13-12(16)9(3)4)14(5,6)11(15)8-2;/h10-11,15H,3,7-8H2,1-2,4-6H3;1H. The van der Waals surface area contributed by atoms with Gasteiger partial charge in [-0.2, -0.15) is 0 Å². The minimum Gasteiger partial charge on any atom is -1.00 e. The quantitative estimate of drug-likeness (QED) is 0.339. The number of nitrogens with zero attached hydrogens (tertiary/aromatic N) is 1. The van der Waals surface area contributed by atoms with E-state index in [9.17, 15) is 9.90 Å². The van der Waals surface area contributed by atoms with Gasteiger partial charge >= 0.3 is 0 Å². The third-order valence-electron chi connectivity index (χ3n) is 3.01. The SMILES string of the molecule is C=C(C)C(=O)NC(CC)[N+](C)(C)C(O)CC.[Cl-]. The fraction of sp³-hybridized carbons (Fsp3) is 0.750. The van der Waals surface area contributed by atoms with Gasteiger partial charge in [-0.25, -0.2) is 0 Å². The van der Waals surface area contributed by atoms with Gasteiger partial charge in [-0.15, -0.1) is 0 Å². The van der Waals surface area contributed by atoms with Crippen molar-refractivity contribution in [3.05, 3.63) is 12.2 Å². The van der Waals surface area contributed by atoms with E-state index in [4.69, 9.17) is 0 Å². The Hall–Kier alpha value is -0.580. The first kappa shape index (κ1) is 18.8. The van der Waals surface area contributed by atoms with Crippen molar-refractivity contribution in [1.29, 1.82) is 0 Å². The van der Waals surface area contributed by atoms with Crippen LogP contribution in [-0.2, 0) is 4.79 Å². The van der Waals surface area contributed by atoms with Gasteiger partial charge in [-0.1, -0.05) is 20.4 Å². The summed E-state index contributed by atoms with van der Waals surface area (Å²) in [5.41, 5.74) is 0.490. The van der Waals surface area contributed by atoms with Crippen molar-refractivity contribution in [3.63, 3.8) is 0 Å². The molecular formula is C12H25ClN2O2. The van der Waals surface area contributed by atoms with E-state index < -0.39 is 6.23 Å². The largest absolute Gasteiger partial charge is 1.00 e. The molecule has 2 atom stereocenters. The van der Waals surface area contributed by atoms with Crippen LogP contribution in [0.5, 0.6) is 0 Å². The molecule has 0 saturated carbocycles. The van der Waals surface area contributed by atoms with E-state index in [0.717, 1.165) is 6.42 Å². The number of nitrogens with one attached hydrogen (secondary N) is 1. The molecule has 0 aromatic heterocycles. The number of hydrogen-bond acceptors (Lipinski definition) is 2. The molecule has 102 valence electrons. The van der Waals surface area contributed by atoms with Crippen LogP contribution in [0.1, 0.15) is 33.6 Å². The molecule has 0 aliphatic carbocycles. The average molecular weight is 265 g/mol. The number of aliphatic hydroxyl groups is 1. The van der Waals surface area contributed by atoms with Crippen molar-refractivity contribution in [2.75, 3.05) is 14.1 Å². The van der Waals surface area contributed by atoms with Crippen molar-refractivity contribution in [1.82, 2.24) is 5.32 Å². The lowest BCUT2D eigenvalue weighted by molar-refractivity contribution is -0.961. The minimum absolute atomic E-state index is 0. The molecule has 0 radical (unpaired) electrons. The van der Waals surface area contributed by atoms with Gasteiger partial charge < -0.3 is 22.8 Å². The molecule has 2 unspecified atom stereocenters. The Morgan fingerprint density at radius 1 is 1.35 bits per heavy atom. The molecule has 0 fully saturated rings. The summed E-state index contributed by atoms with van der Waals surface area (Å²) in [7, 11) is 3.84. The van der Waals surface area contributed by atoms with Gasteiger partial charge in [-0.3, -0.25) is 9.28 Å². The summed E-state index contributed by atoms with van der Waals surface area (Å²) in [5, 5.41) is 12.8. The predicted octanol–water partition coefficient (Wildman–Crippen LogP) is -1.78. The second-order valence-electron chi connectivity index (χ2n) is 4.70. The zero-order valence-corrected chi connectivity index (χ0v) is 12.2. The van der Waals surface area contributed by atoms with Gasteiger partial charge in [0.15, 0.2) is 12.4 Å². The zero-order chi connectivity index (χ0) is 12.9. The van der Waals surface area contributed by atoms with E-state index in [0.29, 0.717) is 16.5 Å². The normalized spacial score (nSPS) is 14.5. The smallest absolute Gasteiger partial charge is 0.250 e. The molecular weight excluding hydrogens is 240 g/mol. The second-order valence-corrected chi connectivity index (χ2v) is 4.70. The topological polar surface area (TPSA) is 49.3 Å². The third-order valence-corrected chi connectivity index (χ3v) is 3.01. The maximum absolute atomic E-state index is 11.6. The van der Waals surface area contributed by atoms with Gasteiger partial charge in [0.1, 0.15) is 0 Å². The minimum atomic E-state index is -0.477. The van der Waals surface area contributed by atoms with E-state index in [1.807, 2.05) is 27.9 Å². The Balaban J connectivity index is 0. The number of hydrogen-bond donors (Lipinski definition) is 2. The summed E-state index contributed by atoms with van der Waals surface area (Å²) >= 11 is 0. The van der Waals surface area contributed by atoms with E-state index >= 15 is 0 Å². The Morgan fingerprint density at radius 3 is 2.12 bits per heavy atom. The highest BCUT2D eigenvalue weighted by atomic mass is 35.5. The number of halogens is 1. The maximum atomic E-state index is 11.6. The van der Waals surface area contributed by atoms with Crippen molar-refractivity contribution in [2.24, 2.45) is 0 Å². The van der Waals surface area contributed by atoms with Gasteiger partial charge in [0.25, 0.3) is 5.91 Å². The molecule has 2 N–H and O–H groups in total. The molecule has 17 heavy (non-hydrogen) atoms. The van der Waals surface area contributed by atoms with Crippen molar-refractivity contribution in [2.45, 2.75) is 46.0 Å². The number of rotatable bonds is 6. The summed E-state index contributed by atoms with van der Waals surface area (Å²) in [6, 6.07) is 0. The molecule has 4 nitrogen and oxygen atoms in total. The predicted molar refractivity (Wildman–Crippen MR) is 65.4 cm³/mol. The Labute approximate surface area is 111 Å². The molecule has 0 spiro atoms. The summed E-state index contributed by atoms with van der Waals surface area (Å²) in [5.74, 6) is -0.152. The molecule has 0 saturated heterocycles. The average Bonchev–Trinajstić information content (AvgIpc) is 2.23. The van der Waals surface area contributed by atoms with Crippen LogP contribution in [0.2, 0.25) is 0 Å². The number of quaternary nitrogens is 1. The molecule has 0 aromatic rings. The van der Waals surface area contributed by atoms with Crippen molar-refractivity contribution in [3.8, 4) is 0 Å². The van der Waals surface area contributed by atoms with E-state index in [1.54, 1.807) is 6.92 Å². The van der Waals surface area contributed by atoms with Crippen molar-refractivity contribution >= 4 is 5.91 Å². The van der Waals surface area contributed by atoms with Gasteiger partial charge in [0.05, 0.1) is 14.1 Å². The maximum Gasteiger partial charge on any atom is 0.250 e. The van der Waals surface area contributed by atoms with Crippen LogP contribution in [0.4, 0.5) is 0 Å². The summed E-state index contributed by atoms with van der Waals surface area (Å²) < 4.78 is 0.367. The number of amides is 1. The molecule has 1 amide bonds. The first-order valence-electron chi connectivity index (χ1n) is 5.75. The van der Waals surface area contributed by atoms with Gasteiger partial charge in [0, 0.05) is 18.4 Å². The van der Waals surface area contributed by atoms with E-state index in [1.165, 1.54) is 0 Å². The van der Waals surface area contributed by atoms with E-state index in [2.05, 4.69) is 11.9 Å². The summed E-state index contributed by atoms with van der Waals surface area (Å²) in [6.45, 7) is 9.21. The molecule has 0 aliphatic heterocycles. The molecule has 0 rings (SSSR count). The fourth-order valence-corrected chi connectivity index (χ4v) is 1.69. The Kier molecular flexibility index (Phi) is 8.49. The van der Waals surface area contributed by atoms with Crippen LogP contribution in [0.15, 0.2) is 12.2 Å². The van der Waals surface area contributed by atoms with E-state index in [-0.39, 0.29) is 24.5 Å². The lowest BCUT2D eigenvalue weighted by Gasteiger charge is -2.41. The van der Waals surface area contributed by atoms with Gasteiger partial charge in [-0.05, 0) is 6.92 Å². The summed E-state index contributed by atoms with van der Waals surface area (Å²) in [4.78, 5) is 11.6. The molecule has 0 heterocycles. The lowest BCUT2D eigenvalue weighted by Crippen LogP contribution is -3.00. The zero-order valence-electron chi connectivity index (χ0n) is 11.5. The van der Waals surface area contributed by atoms with Crippen LogP contribution in [0.3, 0.4) is 0 Å². The second kappa shape index (κ2) is 7.69.